The molecule has 0 aliphatic carbocycles. The first-order valence-corrected chi connectivity index (χ1v) is 15.5. The van der Waals surface area contributed by atoms with Crippen LogP contribution in [0.4, 0.5) is 0 Å². The summed E-state index contributed by atoms with van der Waals surface area (Å²) in [5.74, 6) is 2.29. The predicted octanol–water partition coefficient (Wildman–Crippen LogP) is 10.9. The monoisotopic (exact) mass is 581 g/mol. The lowest BCUT2D eigenvalue weighted by atomic mass is 9.86. The highest BCUT2D eigenvalue weighted by Crippen LogP contribution is 2.38. The fourth-order valence-electron chi connectivity index (χ4n) is 5.71. The lowest BCUT2D eigenvalue weighted by molar-refractivity contribution is 0.459. The van der Waals surface area contributed by atoms with Gasteiger partial charge in [-0.25, -0.2) is 9.97 Å². The second-order valence-corrected chi connectivity index (χ2v) is 15.0. The van der Waals surface area contributed by atoms with Gasteiger partial charge in [0.2, 0.25) is 5.88 Å². The van der Waals surface area contributed by atoms with E-state index in [-0.39, 0.29) is 16.2 Å². The molecule has 3 aromatic carbocycles. The number of nitrogens with zero attached hydrogens (tertiary/aromatic N) is 3. The maximum atomic E-state index is 6.27. The Balaban J connectivity index is 1.49. The molecule has 0 radical (unpaired) electrons. The molecule has 0 N–H and O–H groups in total. The minimum Gasteiger partial charge on any atom is -0.439 e. The van der Waals surface area contributed by atoms with Gasteiger partial charge in [-0.3, -0.25) is 4.57 Å². The summed E-state index contributed by atoms with van der Waals surface area (Å²) in [5.41, 5.74) is 8.34. The van der Waals surface area contributed by atoms with Crippen molar-refractivity contribution in [2.24, 2.45) is 0 Å². The molecule has 0 saturated heterocycles. The van der Waals surface area contributed by atoms with Crippen LogP contribution in [0.1, 0.15) is 79.0 Å². The van der Waals surface area contributed by atoms with Crippen molar-refractivity contribution < 1.29 is 4.74 Å². The molecule has 6 rings (SSSR count). The molecule has 0 fully saturated rings. The molecular formula is C40H43N3O. The van der Waals surface area contributed by atoms with Gasteiger partial charge in [0.15, 0.2) is 0 Å². The van der Waals surface area contributed by atoms with Gasteiger partial charge >= 0.3 is 0 Å². The normalized spacial score (nSPS) is 12.7. The molecule has 0 aliphatic heterocycles. The lowest BCUT2D eigenvalue weighted by Crippen LogP contribution is -2.12. The number of hydrogen-bond acceptors (Lipinski definition) is 3. The maximum absolute atomic E-state index is 6.27. The average Bonchev–Trinajstić information content (AvgIpc) is 3.29. The molecule has 224 valence electrons. The summed E-state index contributed by atoms with van der Waals surface area (Å²) in [6.45, 7) is 20.1. The van der Waals surface area contributed by atoms with E-state index in [4.69, 9.17) is 9.72 Å². The zero-order chi connectivity index (χ0) is 31.4. The van der Waals surface area contributed by atoms with E-state index < -0.39 is 0 Å². The summed E-state index contributed by atoms with van der Waals surface area (Å²) in [7, 11) is 0. The Labute approximate surface area is 261 Å². The molecule has 6 aromatic rings. The van der Waals surface area contributed by atoms with Crippen LogP contribution in [0.3, 0.4) is 0 Å². The third kappa shape index (κ3) is 5.74. The van der Waals surface area contributed by atoms with E-state index in [0.29, 0.717) is 5.88 Å². The molecule has 44 heavy (non-hydrogen) atoms. The molecule has 0 spiro atoms. The zero-order valence-corrected chi connectivity index (χ0v) is 27.5. The van der Waals surface area contributed by atoms with E-state index in [1.54, 1.807) is 0 Å². The fourth-order valence-corrected chi connectivity index (χ4v) is 5.71. The van der Waals surface area contributed by atoms with E-state index >= 15 is 0 Å². The minimum absolute atomic E-state index is 0.0166. The zero-order valence-electron chi connectivity index (χ0n) is 27.5. The molecule has 3 aromatic heterocycles. The van der Waals surface area contributed by atoms with Crippen molar-refractivity contribution in [3.05, 3.63) is 114 Å². The molecule has 3 heterocycles. The van der Waals surface area contributed by atoms with E-state index in [1.165, 1.54) is 27.5 Å². The Morgan fingerprint density at radius 2 is 1.16 bits per heavy atom. The van der Waals surface area contributed by atoms with Gasteiger partial charge < -0.3 is 4.74 Å². The maximum Gasteiger partial charge on any atom is 0.219 e. The molecule has 4 heteroatoms. The van der Waals surface area contributed by atoms with Crippen LogP contribution >= 0.6 is 0 Å². The Kier molecular flexibility index (Phi) is 7.15. The van der Waals surface area contributed by atoms with Crippen LogP contribution in [-0.2, 0) is 16.2 Å². The molecule has 0 bridgehead atoms. The molecule has 4 nitrogen and oxygen atoms in total. The predicted molar refractivity (Wildman–Crippen MR) is 184 cm³/mol. The number of ether oxygens (including phenoxy) is 1. The van der Waals surface area contributed by atoms with E-state index in [1.807, 2.05) is 36.7 Å². The summed E-state index contributed by atoms with van der Waals surface area (Å²) >= 11 is 0. The van der Waals surface area contributed by atoms with E-state index in [0.717, 1.165) is 33.7 Å². The highest BCUT2D eigenvalue weighted by molar-refractivity contribution is 6.10. The van der Waals surface area contributed by atoms with Crippen LogP contribution < -0.4 is 4.74 Å². The number of rotatable bonds is 4. The van der Waals surface area contributed by atoms with Gasteiger partial charge in [0.1, 0.15) is 11.6 Å². The molecule has 0 atom stereocenters. The van der Waals surface area contributed by atoms with Gasteiger partial charge in [0.05, 0.1) is 11.0 Å². The van der Waals surface area contributed by atoms with Gasteiger partial charge in [-0.15, -0.1) is 0 Å². The topological polar surface area (TPSA) is 39.9 Å². The van der Waals surface area contributed by atoms with Crippen LogP contribution in [0.2, 0.25) is 0 Å². The third-order valence-corrected chi connectivity index (χ3v) is 8.46. The molecular weight excluding hydrogens is 538 g/mol. The van der Waals surface area contributed by atoms with Crippen molar-refractivity contribution in [3.63, 3.8) is 0 Å². The van der Waals surface area contributed by atoms with Crippen LogP contribution in [0.15, 0.2) is 97.3 Å². The first-order valence-electron chi connectivity index (χ1n) is 15.5. The van der Waals surface area contributed by atoms with Gasteiger partial charge in [-0.05, 0) is 92.6 Å². The van der Waals surface area contributed by atoms with Crippen LogP contribution in [0.5, 0.6) is 11.6 Å². The number of pyridine rings is 2. The van der Waals surface area contributed by atoms with Crippen LogP contribution in [-0.4, -0.2) is 14.5 Å². The van der Waals surface area contributed by atoms with Crippen molar-refractivity contribution >= 4 is 21.8 Å². The second-order valence-electron chi connectivity index (χ2n) is 15.0. The average molecular weight is 582 g/mol. The molecule has 0 unspecified atom stereocenters. The molecule has 0 aliphatic rings. The third-order valence-electron chi connectivity index (χ3n) is 8.46. The lowest BCUT2D eigenvalue weighted by Gasteiger charge is -2.20. The van der Waals surface area contributed by atoms with Crippen molar-refractivity contribution in [1.29, 1.82) is 0 Å². The smallest absolute Gasteiger partial charge is 0.219 e. The van der Waals surface area contributed by atoms with Crippen molar-refractivity contribution in [2.75, 3.05) is 0 Å². The minimum atomic E-state index is 0.0166. The SMILES string of the molecule is CC(C)(C)c1ccnc(Oc2cccc(-c3ccc4c5cc(C(C)(C)C)ccc5n(-c5cc(C(C)(C)C)ccn5)c4c3)c2)c1. The Morgan fingerprint density at radius 1 is 0.523 bits per heavy atom. The summed E-state index contributed by atoms with van der Waals surface area (Å²) in [6, 6.07) is 30.3. The number of fused-ring (bicyclic) bond motifs is 3. The Hall–Kier alpha value is -4.44. The quantitative estimate of drug-likeness (QED) is 0.208. The van der Waals surface area contributed by atoms with Gasteiger partial charge in [0, 0.05) is 29.2 Å². The number of aromatic nitrogens is 3. The van der Waals surface area contributed by atoms with E-state index in [2.05, 4.69) is 133 Å². The highest BCUT2D eigenvalue weighted by atomic mass is 16.5. The summed E-state index contributed by atoms with van der Waals surface area (Å²) < 4.78 is 8.59. The molecule has 0 saturated carbocycles. The summed E-state index contributed by atoms with van der Waals surface area (Å²) in [5, 5.41) is 2.46. The van der Waals surface area contributed by atoms with Gasteiger partial charge in [0.25, 0.3) is 0 Å². The summed E-state index contributed by atoms with van der Waals surface area (Å²) in [6.07, 6.45) is 3.75. The Morgan fingerprint density at radius 3 is 1.86 bits per heavy atom. The summed E-state index contributed by atoms with van der Waals surface area (Å²) in [4.78, 5) is 9.37. The first-order chi connectivity index (χ1) is 20.7. The number of benzene rings is 3. The first kappa shape index (κ1) is 29.6. The highest BCUT2D eigenvalue weighted by Gasteiger charge is 2.21. The standard InChI is InChI=1S/C40H43N3O/c1-38(2,3)28-14-16-34-33(23-28)32-15-13-27(22-35(32)43(34)36-24-29(17-19-41-36)39(4,5)6)26-11-10-12-31(21-26)44-37-25-30(18-20-42-37)40(7,8)9/h10-25H,1-9H3. The van der Waals surface area contributed by atoms with Crippen LogP contribution in [0, 0.1) is 0 Å². The second kappa shape index (κ2) is 10.6. The van der Waals surface area contributed by atoms with Crippen molar-refractivity contribution in [3.8, 4) is 28.6 Å². The Bertz CT molecular complexity index is 1990. The van der Waals surface area contributed by atoms with Crippen molar-refractivity contribution in [2.45, 2.75) is 78.6 Å². The molecule has 0 amide bonds. The van der Waals surface area contributed by atoms with Crippen LogP contribution in [0.25, 0.3) is 38.8 Å². The number of hydrogen-bond donors (Lipinski definition) is 0. The van der Waals surface area contributed by atoms with Gasteiger partial charge in [-0.2, -0.15) is 0 Å². The van der Waals surface area contributed by atoms with Gasteiger partial charge in [-0.1, -0.05) is 92.6 Å². The van der Waals surface area contributed by atoms with Crippen molar-refractivity contribution in [1.82, 2.24) is 14.5 Å². The largest absolute Gasteiger partial charge is 0.439 e. The van der Waals surface area contributed by atoms with E-state index in [9.17, 15) is 0 Å². The fraction of sp³-hybridized carbons (Fsp3) is 0.300.